The summed E-state index contributed by atoms with van der Waals surface area (Å²) in [4.78, 5) is 11.9. The third-order valence-corrected chi connectivity index (χ3v) is 3.75. The van der Waals surface area contributed by atoms with Gasteiger partial charge in [0.1, 0.15) is 6.61 Å². The number of aromatic nitrogens is 1. The van der Waals surface area contributed by atoms with E-state index < -0.39 is 0 Å². The first-order chi connectivity index (χ1) is 10.1. The SMILES string of the molecule is CCOc1ccccc1OCCn1cc(Br)cc(Br)c1=O. The average molecular weight is 417 g/mol. The second kappa shape index (κ2) is 7.66. The van der Waals surface area contributed by atoms with Crippen molar-refractivity contribution in [2.24, 2.45) is 0 Å². The van der Waals surface area contributed by atoms with Gasteiger partial charge in [0.05, 0.1) is 17.6 Å². The van der Waals surface area contributed by atoms with Crippen LogP contribution >= 0.6 is 31.9 Å². The maximum atomic E-state index is 11.9. The van der Waals surface area contributed by atoms with Crippen LogP contribution in [-0.4, -0.2) is 17.8 Å². The fourth-order valence-electron chi connectivity index (χ4n) is 1.83. The molecule has 0 N–H and O–H groups in total. The van der Waals surface area contributed by atoms with E-state index in [1.54, 1.807) is 16.8 Å². The zero-order chi connectivity index (χ0) is 15.2. The number of hydrogen-bond acceptors (Lipinski definition) is 3. The summed E-state index contributed by atoms with van der Waals surface area (Å²) >= 11 is 6.61. The van der Waals surface area contributed by atoms with E-state index in [-0.39, 0.29) is 5.56 Å². The Kier molecular flexibility index (Phi) is 5.87. The lowest BCUT2D eigenvalue weighted by molar-refractivity contribution is 0.265. The van der Waals surface area contributed by atoms with E-state index in [0.717, 1.165) is 4.47 Å². The third-order valence-electron chi connectivity index (χ3n) is 2.75. The molecule has 6 heteroatoms. The molecular weight excluding hydrogens is 402 g/mol. The Balaban J connectivity index is 2.04. The van der Waals surface area contributed by atoms with Crippen LogP contribution in [0.1, 0.15) is 6.92 Å². The Bertz CT molecular complexity index is 670. The molecule has 21 heavy (non-hydrogen) atoms. The highest BCUT2D eigenvalue weighted by Crippen LogP contribution is 2.26. The minimum Gasteiger partial charge on any atom is -0.490 e. The van der Waals surface area contributed by atoms with Gasteiger partial charge in [-0.3, -0.25) is 4.79 Å². The van der Waals surface area contributed by atoms with Crippen LogP contribution in [0.25, 0.3) is 0 Å². The maximum Gasteiger partial charge on any atom is 0.265 e. The van der Waals surface area contributed by atoms with Crippen molar-refractivity contribution in [3.05, 3.63) is 55.8 Å². The average Bonchev–Trinajstić information content (AvgIpc) is 2.46. The summed E-state index contributed by atoms with van der Waals surface area (Å²) in [7, 11) is 0. The summed E-state index contributed by atoms with van der Waals surface area (Å²) in [6, 6.07) is 9.23. The molecule has 0 spiro atoms. The Morgan fingerprint density at radius 3 is 2.48 bits per heavy atom. The number of benzene rings is 1. The minimum atomic E-state index is -0.0834. The predicted molar refractivity (Wildman–Crippen MR) is 89.2 cm³/mol. The summed E-state index contributed by atoms with van der Waals surface area (Å²) in [5, 5.41) is 0. The number of ether oxygens (including phenoxy) is 2. The summed E-state index contributed by atoms with van der Waals surface area (Å²) in [6.45, 7) is 3.35. The second-order valence-corrected chi connectivity index (χ2v) is 6.00. The van der Waals surface area contributed by atoms with Gasteiger partial charge < -0.3 is 14.0 Å². The first-order valence-corrected chi connectivity index (χ1v) is 8.10. The standard InChI is InChI=1S/C15H15Br2NO3/c1-2-20-13-5-3-4-6-14(13)21-8-7-18-10-11(16)9-12(17)15(18)19/h3-6,9-10H,2,7-8H2,1H3. The molecule has 0 atom stereocenters. The van der Waals surface area contributed by atoms with Crippen LogP contribution in [-0.2, 0) is 6.54 Å². The van der Waals surface area contributed by atoms with Gasteiger partial charge in [-0.25, -0.2) is 0 Å². The van der Waals surface area contributed by atoms with Gasteiger partial charge in [0.15, 0.2) is 11.5 Å². The van der Waals surface area contributed by atoms with Gasteiger partial charge in [-0.05, 0) is 57.0 Å². The Hall–Kier alpha value is -1.27. The molecule has 0 aliphatic heterocycles. The van der Waals surface area contributed by atoms with Crippen LogP contribution in [0, 0.1) is 0 Å². The van der Waals surface area contributed by atoms with E-state index in [4.69, 9.17) is 9.47 Å². The molecule has 0 fully saturated rings. The molecule has 1 heterocycles. The predicted octanol–water partition coefficient (Wildman–Crippen LogP) is 3.85. The first kappa shape index (κ1) is 16.1. The highest BCUT2D eigenvalue weighted by molar-refractivity contribution is 9.11. The normalized spacial score (nSPS) is 10.4. The van der Waals surface area contributed by atoms with Gasteiger partial charge >= 0.3 is 0 Å². The lowest BCUT2D eigenvalue weighted by Gasteiger charge is -2.12. The molecule has 112 valence electrons. The van der Waals surface area contributed by atoms with Crippen molar-refractivity contribution < 1.29 is 9.47 Å². The van der Waals surface area contributed by atoms with Gasteiger partial charge in [-0.2, -0.15) is 0 Å². The molecule has 0 amide bonds. The molecule has 0 unspecified atom stereocenters. The lowest BCUT2D eigenvalue weighted by atomic mass is 10.3. The number of pyridine rings is 1. The van der Waals surface area contributed by atoms with Gasteiger partial charge in [-0.15, -0.1) is 0 Å². The van der Waals surface area contributed by atoms with E-state index in [1.165, 1.54) is 0 Å². The topological polar surface area (TPSA) is 40.5 Å². The van der Waals surface area contributed by atoms with Crippen molar-refractivity contribution >= 4 is 31.9 Å². The molecule has 1 aromatic carbocycles. The van der Waals surface area contributed by atoms with E-state index >= 15 is 0 Å². The second-order valence-electron chi connectivity index (χ2n) is 4.23. The van der Waals surface area contributed by atoms with Crippen LogP contribution in [0.4, 0.5) is 0 Å². The summed E-state index contributed by atoms with van der Waals surface area (Å²) < 4.78 is 14.2. The molecule has 0 aliphatic rings. The van der Waals surface area contributed by atoms with E-state index in [2.05, 4.69) is 31.9 Å². The molecule has 1 aromatic heterocycles. The van der Waals surface area contributed by atoms with Crippen LogP contribution in [0.15, 0.2) is 50.3 Å². The Morgan fingerprint density at radius 1 is 1.14 bits per heavy atom. The van der Waals surface area contributed by atoms with E-state index in [0.29, 0.717) is 35.7 Å². The monoisotopic (exact) mass is 415 g/mol. The van der Waals surface area contributed by atoms with Crippen LogP contribution in [0.2, 0.25) is 0 Å². The highest BCUT2D eigenvalue weighted by Gasteiger charge is 2.06. The summed E-state index contributed by atoms with van der Waals surface area (Å²) in [5.74, 6) is 1.39. The molecule has 2 rings (SSSR count). The summed E-state index contributed by atoms with van der Waals surface area (Å²) in [6.07, 6.45) is 1.74. The van der Waals surface area contributed by atoms with Crippen molar-refractivity contribution in [1.29, 1.82) is 0 Å². The lowest BCUT2D eigenvalue weighted by Crippen LogP contribution is -2.23. The van der Waals surface area contributed by atoms with Crippen LogP contribution in [0.3, 0.4) is 0 Å². The van der Waals surface area contributed by atoms with Crippen molar-refractivity contribution in [2.45, 2.75) is 13.5 Å². The Morgan fingerprint density at radius 2 is 1.81 bits per heavy atom. The van der Waals surface area contributed by atoms with Gasteiger partial charge in [-0.1, -0.05) is 12.1 Å². The van der Waals surface area contributed by atoms with Crippen LogP contribution in [0.5, 0.6) is 11.5 Å². The van der Waals surface area contributed by atoms with Crippen molar-refractivity contribution in [2.75, 3.05) is 13.2 Å². The number of para-hydroxylation sites is 2. The molecular formula is C15H15Br2NO3. The fourth-order valence-corrected chi connectivity index (χ4v) is 3.09. The number of hydrogen-bond donors (Lipinski definition) is 0. The maximum absolute atomic E-state index is 11.9. The molecule has 0 saturated heterocycles. The summed E-state index contributed by atoms with van der Waals surface area (Å²) in [5.41, 5.74) is -0.0834. The van der Waals surface area contributed by atoms with Crippen molar-refractivity contribution in [3.63, 3.8) is 0 Å². The minimum absolute atomic E-state index is 0.0834. The fraction of sp³-hybridized carbons (Fsp3) is 0.267. The number of halogens is 2. The quantitative estimate of drug-likeness (QED) is 0.717. The molecule has 0 saturated carbocycles. The van der Waals surface area contributed by atoms with Crippen molar-refractivity contribution in [1.82, 2.24) is 4.57 Å². The first-order valence-electron chi connectivity index (χ1n) is 6.52. The smallest absolute Gasteiger partial charge is 0.265 e. The Labute approximate surface area is 140 Å². The highest BCUT2D eigenvalue weighted by atomic mass is 79.9. The number of rotatable bonds is 6. The zero-order valence-electron chi connectivity index (χ0n) is 11.5. The van der Waals surface area contributed by atoms with Crippen LogP contribution < -0.4 is 15.0 Å². The third kappa shape index (κ3) is 4.35. The molecule has 4 nitrogen and oxygen atoms in total. The van der Waals surface area contributed by atoms with E-state index in [9.17, 15) is 4.79 Å². The number of nitrogens with zero attached hydrogens (tertiary/aromatic N) is 1. The van der Waals surface area contributed by atoms with Gasteiger partial charge in [0, 0.05) is 10.7 Å². The molecule has 0 bridgehead atoms. The van der Waals surface area contributed by atoms with E-state index in [1.807, 2.05) is 31.2 Å². The largest absolute Gasteiger partial charge is 0.490 e. The molecule has 0 radical (unpaired) electrons. The molecule has 2 aromatic rings. The zero-order valence-corrected chi connectivity index (χ0v) is 14.7. The van der Waals surface area contributed by atoms with Gasteiger partial charge in [0.2, 0.25) is 0 Å². The van der Waals surface area contributed by atoms with Crippen molar-refractivity contribution in [3.8, 4) is 11.5 Å². The molecule has 0 aliphatic carbocycles. The van der Waals surface area contributed by atoms with Gasteiger partial charge in [0.25, 0.3) is 5.56 Å².